The zero-order valence-electron chi connectivity index (χ0n) is 13.6. The van der Waals surface area contributed by atoms with Gasteiger partial charge in [0.15, 0.2) is 8.32 Å². The Balaban J connectivity index is 2.21. The average molecular weight is 361 g/mol. The minimum atomic E-state index is -1.79. The molecule has 2 aliphatic carbocycles. The van der Waals surface area contributed by atoms with Gasteiger partial charge < -0.3 is 9.53 Å². The molecular formula is C16H29BrO2Si. The van der Waals surface area contributed by atoms with E-state index in [9.17, 15) is 5.11 Å². The molecule has 2 aliphatic rings. The van der Waals surface area contributed by atoms with Crippen molar-refractivity contribution in [1.29, 1.82) is 0 Å². The van der Waals surface area contributed by atoms with Gasteiger partial charge in [-0.2, -0.15) is 0 Å². The molecule has 0 aromatic carbocycles. The van der Waals surface area contributed by atoms with Crippen molar-refractivity contribution < 1.29 is 9.53 Å². The largest absolute Gasteiger partial charge is 0.410 e. The Labute approximate surface area is 133 Å². The molecule has 0 radical (unpaired) electrons. The van der Waals surface area contributed by atoms with Crippen molar-refractivity contribution in [2.24, 2.45) is 0 Å². The normalized spacial score (nSPS) is 27.4. The molecule has 0 saturated heterocycles. The maximum Gasteiger partial charge on any atom is 0.192 e. The maximum absolute atomic E-state index is 11.0. The first kappa shape index (κ1) is 16.7. The van der Waals surface area contributed by atoms with Crippen LogP contribution in [0.3, 0.4) is 0 Å². The van der Waals surface area contributed by atoms with Crippen molar-refractivity contribution in [2.45, 2.75) is 89.1 Å². The fraction of sp³-hybridized carbons (Fsp3) is 0.875. The smallest absolute Gasteiger partial charge is 0.192 e. The molecule has 2 nitrogen and oxygen atoms in total. The standard InChI is InChI=1S/C16H29BrO2Si/c1-15(2,3)20(4,5)19-13-9-8-12(17)14(13)16(18)10-6-7-11-16/h13,18H,6-11H2,1-5H3. The molecule has 0 aromatic heterocycles. The summed E-state index contributed by atoms with van der Waals surface area (Å²) < 4.78 is 7.81. The molecule has 0 spiro atoms. The predicted octanol–water partition coefficient (Wildman–Crippen LogP) is 5.12. The van der Waals surface area contributed by atoms with Crippen LogP contribution in [0.1, 0.15) is 59.3 Å². The summed E-state index contributed by atoms with van der Waals surface area (Å²) >= 11 is 3.70. The van der Waals surface area contributed by atoms with E-state index in [1.807, 2.05) is 0 Å². The van der Waals surface area contributed by atoms with Gasteiger partial charge in [-0.1, -0.05) is 49.5 Å². The van der Waals surface area contributed by atoms with Crippen LogP contribution >= 0.6 is 15.9 Å². The van der Waals surface area contributed by atoms with E-state index in [0.29, 0.717) is 0 Å². The van der Waals surface area contributed by atoms with Crippen molar-refractivity contribution >= 4 is 24.2 Å². The third kappa shape index (κ3) is 3.08. The van der Waals surface area contributed by atoms with Gasteiger partial charge in [-0.3, -0.25) is 0 Å². The predicted molar refractivity (Wildman–Crippen MR) is 90.7 cm³/mol. The van der Waals surface area contributed by atoms with Gasteiger partial charge in [-0.05, 0) is 53.9 Å². The minimum absolute atomic E-state index is 0.119. The van der Waals surface area contributed by atoms with E-state index in [-0.39, 0.29) is 11.1 Å². The number of hydrogen-bond donors (Lipinski definition) is 1. The lowest BCUT2D eigenvalue weighted by atomic mass is 9.90. The second-order valence-electron chi connectivity index (χ2n) is 7.96. The van der Waals surface area contributed by atoms with E-state index in [1.54, 1.807) is 0 Å². The first-order valence-corrected chi connectivity index (χ1v) is 11.6. The third-order valence-electron chi connectivity index (χ3n) is 5.42. The third-order valence-corrected chi connectivity index (χ3v) is 10.7. The van der Waals surface area contributed by atoms with Crippen LogP contribution in [-0.2, 0) is 4.43 Å². The van der Waals surface area contributed by atoms with E-state index in [0.717, 1.165) is 38.5 Å². The molecule has 1 unspecified atom stereocenters. The lowest BCUT2D eigenvalue weighted by molar-refractivity contribution is 0.0594. The van der Waals surface area contributed by atoms with Crippen LogP contribution in [0.25, 0.3) is 0 Å². The summed E-state index contributed by atoms with van der Waals surface area (Å²) in [6.07, 6.45) is 6.21. The summed E-state index contributed by atoms with van der Waals surface area (Å²) in [7, 11) is -1.79. The van der Waals surface area contributed by atoms with Crippen LogP contribution < -0.4 is 0 Å². The van der Waals surface area contributed by atoms with Crippen LogP contribution in [0.15, 0.2) is 10.1 Å². The fourth-order valence-corrected chi connectivity index (χ4v) is 5.30. The average Bonchev–Trinajstić information content (AvgIpc) is 2.84. The van der Waals surface area contributed by atoms with Gasteiger partial charge in [0, 0.05) is 0 Å². The lowest BCUT2D eigenvalue weighted by Gasteiger charge is -2.41. The van der Waals surface area contributed by atoms with Crippen molar-refractivity contribution in [3.8, 4) is 0 Å². The molecule has 116 valence electrons. The second-order valence-corrected chi connectivity index (χ2v) is 13.7. The van der Waals surface area contributed by atoms with Crippen LogP contribution in [0.5, 0.6) is 0 Å². The van der Waals surface area contributed by atoms with Crippen molar-refractivity contribution in [2.75, 3.05) is 0 Å². The Morgan fingerprint density at radius 1 is 1.25 bits per heavy atom. The summed E-state index contributed by atoms with van der Waals surface area (Å²) in [4.78, 5) is 0. The van der Waals surface area contributed by atoms with E-state index in [4.69, 9.17) is 4.43 Å². The molecular weight excluding hydrogens is 332 g/mol. The summed E-state index contributed by atoms with van der Waals surface area (Å²) in [6, 6.07) is 0. The van der Waals surface area contributed by atoms with Crippen LogP contribution in [0, 0.1) is 0 Å². The highest BCUT2D eigenvalue weighted by atomic mass is 79.9. The van der Waals surface area contributed by atoms with Crippen molar-refractivity contribution in [3.05, 3.63) is 10.1 Å². The Morgan fingerprint density at radius 2 is 1.80 bits per heavy atom. The van der Waals surface area contributed by atoms with Gasteiger partial charge in [0.1, 0.15) is 0 Å². The SMILES string of the molecule is CC(C)(C)[Si](C)(C)OC1CCC(Br)=C1C1(O)CCCC1. The summed E-state index contributed by atoms with van der Waals surface area (Å²) in [5.74, 6) is 0. The molecule has 0 amide bonds. The molecule has 2 rings (SSSR count). The highest BCUT2D eigenvalue weighted by Crippen LogP contribution is 2.48. The quantitative estimate of drug-likeness (QED) is 0.707. The minimum Gasteiger partial charge on any atom is -0.410 e. The number of allylic oxidation sites excluding steroid dienone is 1. The highest BCUT2D eigenvalue weighted by Gasteiger charge is 2.47. The van der Waals surface area contributed by atoms with E-state index < -0.39 is 13.9 Å². The molecule has 0 heterocycles. The summed E-state index contributed by atoms with van der Waals surface area (Å²) in [6.45, 7) is 11.4. The van der Waals surface area contributed by atoms with Gasteiger partial charge in [0.2, 0.25) is 0 Å². The second kappa shape index (κ2) is 5.53. The van der Waals surface area contributed by atoms with Crippen molar-refractivity contribution in [3.63, 3.8) is 0 Å². The first-order chi connectivity index (χ1) is 9.07. The number of aliphatic hydroxyl groups is 1. The van der Waals surface area contributed by atoms with E-state index in [2.05, 4.69) is 49.8 Å². The molecule has 20 heavy (non-hydrogen) atoms. The molecule has 1 fully saturated rings. The molecule has 0 aromatic rings. The maximum atomic E-state index is 11.0. The first-order valence-electron chi connectivity index (χ1n) is 7.86. The molecule has 1 N–H and O–H groups in total. The Morgan fingerprint density at radius 3 is 2.30 bits per heavy atom. The monoisotopic (exact) mass is 360 g/mol. The zero-order valence-corrected chi connectivity index (χ0v) is 16.1. The zero-order chi connectivity index (χ0) is 15.2. The van der Waals surface area contributed by atoms with Gasteiger partial charge in [0.05, 0.1) is 11.7 Å². The topological polar surface area (TPSA) is 29.5 Å². The van der Waals surface area contributed by atoms with E-state index in [1.165, 1.54) is 10.1 Å². The Kier molecular flexibility index (Phi) is 4.62. The molecule has 0 aliphatic heterocycles. The molecule has 4 heteroatoms. The van der Waals surface area contributed by atoms with Crippen LogP contribution in [0.2, 0.25) is 18.1 Å². The van der Waals surface area contributed by atoms with E-state index >= 15 is 0 Å². The Bertz CT molecular complexity index is 403. The summed E-state index contributed by atoms with van der Waals surface area (Å²) in [5.41, 5.74) is 0.558. The van der Waals surface area contributed by atoms with Gasteiger partial charge >= 0.3 is 0 Å². The fourth-order valence-electron chi connectivity index (χ4n) is 3.14. The highest BCUT2D eigenvalue weighted by molar-refractivity contribution is 9.11. The number of halogens is 1. The number of hydrogen-bond acceptors (Lipinski definition) is 2. The molecule has 1 saturated carbocycles. The lowest BCUT2D eigenvalue weighted by Crippen LogP contribution is -2.46. The molecule has 1 atom stereocenters. The summed E-state index contributed by atoms with van der Waals surface area (Å²) in [5, 5.41) is 11.2. The van der Waals surface area contributed by atoms with Gasteiger partial charge in [0.25, 0.3) is 0 Å². The number of rotatable bonds is 3. The van der Waals surface area contributed by atoms with Crippen LogP contribution in [0.4, 0.5) is 0 Å². The van der Waals surface area contributed by atoms with Crippen LogP contribution in [-0.4, -0.2) is 25.1 Å². The van der Waals surface area contributed by atoms with Gasteiger partial charge in [-0.15, -0.1) is 0 Å². The molecule has 0 bridgehead atoms. The Hall–Kier alpha value is 0.357. The van der Waals surface area contributed by atoms with Gasteiger partial charge in [-0.25, -0.2) is 0 Å². The van der Waals surface area contributed by atoms with Crippen molar-refractivity contribution in [1.82, 2.24) is 0 Å².